The second-order valence-electron chi connectivity index (χ2n) is 5.47. The van der Waals surface area contributed by atoms with Gasteiger partial charge in [0.25, 0.3) is 0 Å². The number of nitrogens with one attached hydrogen (secondary N) is 1. The SMILES string of the molecule is CCOCCCNC(=NC)N1CCN(c2ccc(F)cc2)CC1.I. The average Bonchev–Trinajstić information content (AvgIpc) is 2.59. The van der Waals surface area contributed by atoms with Gasteiger partial charge in [0.1, 0.15) is 5.82 Å². The van der Waals surface area contributed by atoms with E-state index in [-0.39, 0.29) is 29.8 Å². The fourth-order valence-electron chi connectivity index (χ4n) is 2.68. The molecular formula is C17H28FIN4O. The highest BCUT2D eigenvalue weighted by atomic mass is 127. The topological polar surface area (TPSA) is 40.1 Å². The normalized spacial score (nSPS) is 15.2. The predicted octanol–water partition coefficient (Wildman–Crippen LogP) is 2.57. The summed E-state index contributed by atoms with van der Waals surface area (Å²) in [6, 6.07) is 6.71. The molecule has 1 aliphatic rings. The Hall–Kier alpha value is -1.09. The molecule has 0 atom stereocenters. The van der Waals surface area contributed by atoms with Crippen molar-refractivity contribution in [2.75, 3.05) is 57.9 Å². The van der Waals surface area contributed by atoms with E-state index in [4.69, 9.17) is 4.74 Å². The molecule has 0 unspecified atom stereocenters. The molecule has 0 spiro atoms. The molecule has 2 rings (SSSR count). The van der Waals surface area contributed by atoms with Crippen molar-refractivity contribution >= 4 is 35.6 Å². The standard InChI is InChI=1S/C17H27FN4O.HI/c1-3-23-14-4-9-20-17(19-2)22-12-10-21(11-13-22)16-7-5-15(18)6-8-16;/h5-8H,3-4,9-14H2,1-2H3,(H,19,20);1H. The first-order valence-corrected chi connectivity index (χ1v) is 8.28. The number of rotatable bonds is 6. The summed E-state index contributed by atoms with van der Waals surface area (Å²) in [4.78, 5) is 8.90. The number of aliphatic imine (C=N–C) groups is 1. The Balaban J connectivity index is 0.00000288. The van der Waals surface area contributed by atoms with Crippen molar-refractivity contribution in [1.82, 2.24) is 10.2 Å². The van der Waals surface area contributed by atoms with E-state index in [1.54, 1.807) is 0 Å². The number of hydrogen-bond acceptors (Lipinski definition) is 3. The molecule has 1 N–H and O–H groups in total. The van der Waals surface area contributed by atoms with Crippen molar-refractivity contribution in [2.45, 2.75) is 13.3 Å². The van der Waals surface area contributed by atoms with E-state index in [0.29, 0.717) is 0 Å². The lowest BCUT2D eigenvalue weighted by atomic mass is 10.2. The van der Waals surface area contributed by atoms with Crippen LogP contribution in [0.25, 0.3) is 0 Å². The van der Waals surface area contributed by atoms with Gasteiger partial charge in [-0.25, -0.2) is 4.39 Å². The van der Waals surface area contributed by atoms with Crippen molar-refractivity contribution in [3.8, 4) is 0 Å². The van der Waals surface area contributed by atoms with Crippen molar-refractivity contribution in [3.63, 3.8) is 0 Å². The lowest BCUT2D eigenvalue weighted by Crippen LogP contribution is -2.52. The molecule has 0 aliphatic carbocycles. The van der Waals surface area contributed by atoms with Crippen LogP contribution < -0.4 is 10.2 Å². The molecule has 1 fully saturated rings. The van der Waals surface area contributed by atoms with E-state index in [9.17, 15) is 4.39 Å². The summed E-state index contributed by atoms with van der Waals surface area (Å²) in [6.07, 6.45) is 0.975. The van der Waals surface area contributed by atoms with Crippen molar-refractivity contribution < 1.29 is 9.13 Å². The molecule has 5 nitrogen and oxygen atoms in total. The minimum Gasteiger partial charge on any atom is -0.382 e. The van der Waals surface area contributed by atoms with Gasteiger partial charge in [0.2, 0.25) is 0 Å². The lowest BCUT2D eigenvalue weighted by molar-refractivity contribution is 0.145. The summed E-state index contributed by atoms with van der Waals surface area (Å²) in [5.41, 5.74) is 1.07. The first-order valence-electron chi connectivity index (χ1n) is 8.28. The first-order chi connectivity index (χ1) is 11.2. The van der Waals surface area contributed by atoms with Crippen LogP contribution in [-0.4, -0.2) is 63.8 Å². The van der Waals surface area contributed by atoms with Gasteiger partial charge in [-0.1, -0.05) is 0 Å². The maximum absolute atomic E-state index is 13.0. The number of halogens is 2. The molecular weight excluding hydrogens is 422 g/mol. The third-order valence-electron chi connectivity index (χ3n) is 3.94. The van der Waals surface area contributed by atoms with Gasteiger partial charge in [0.15, 0.2) is 5.96 Å². The molecule has 1 aromatic rings. The molecule has 1 heterocycles. The molecule has 0 amide bonds. The van der Waals surface area contributed by atoms with Crippen LogP contribution in [0.15, 0.2) is 29.3 Å². The molecule has 0 saturated carbocycles. The van der Waals surface area contributed by atoms with E-state index >= 15 is 0 Å². The Labute approximate surface area is 161 Å². The monoisotopic (exact) mass is 450 g/mol. The predicted molar refractivity (Wildman–Crippen MR) is 108 cm³/mol. The fraction of sp³-hybridized carbons (Fsp3) is 0.588. The largest absolute Gasteiger partial charge is 0.382 e. The summed E-state index contributed by atoms with van der Waals surface area (Å²) in [6.45, 7) is 8.04. The van der Waals surface area contributed by atoms with Crippen LogP contribution in [0, 0.1) is 5.82 Å². The molecule has 1 aromatic carbocycles. The maximum Gasteiger partial charge on any atom is 0.193 e. The zero-order valence-corrected chi connectivity index (χ0v) is 16.8. The Bertz CT molecular complexity index is 490. The maximum atomic E-state index is 13.0. The van der Waals surface area contributed by atoms with E-state index < -0.39 is 0 Å². The number of benzene rings is 1. The number of guanidine groups is 1. The van der Waals surface area contributed by atoms with Crippen LogP contribution in [0.3, 0.4) is 0 Å². The quantitative estimate of drug-likeness (QED) is 0.313. The Morgan fingerprint density at radius 1 is 1.21 bits per heavy atom. The van der Waals surface area contributed by atoms with Gasteiger partial charge in [0.05, 0.1) is 0 Å². The van der Waals surface area contributed by atoms with Gasteiger partial charge in [-0.3, -0.25) is 4.99 Å². The van der Waals surface area contributed by atoms with Crippen molar-refractivity contribution in [2.24, 2.45) is 4.99 Å². The highest BCUT2D eigenvalue weighted by Gasteiger charge is 2.19. The molecule has 24 heavy (non-hydrogen) atoms. The van der Waals surface area contributed by atoms with Gasteiger partial charge in [-0.15, -0.1) is 24.0 Å². The zero-order chi connectivity index (χ0) is 16.5. The Morgan fingerprint density at radius 3 is 2.46 bits per heavy atom. The van der Waals surface area contributed by atoms with Gasteiger partial charge in [-0.05, 0) is 37.6 Å². The van der Waals surface area contributed by atoms with E-state index in [0.717, 1.165) is 64.0 Å². The summed E-state index contributed by atoms with van der Waals surface area (Å²) in [7, 11) is 1.82. The average molecular weight is 450 g/mol. The van der Waals surface area contributed by atoms with Crippen molar-refractivity contribution in [1.29, 1.82) is 0 Å². The summed E-state index contributed by atoms with van der Waals surface area (Å²) >= 11 is 0. The van der Waals surface area contributed by atoms with Crippen LogP contribution >= 0.6 is 24.0 Å². The minimum absolute atomic E-state index is 0. The molecule has 0 radical (unpaired) electrons. The van der Waals surface area contributed by atoms with Gasteiger partial charge >= 0.3 is 0 Å². The fourth-order valence-corrected chi connectivity index (χ4v) is 2.68. The summed E-state index contributed by atoms with van der Waals surface area (Å²) in [5, 5.41) is 3.39. The summed E-state index contributed by atoms with van der Waals surface area (Å²) in [5.74, 6) is 0.754. The first kappa shape index (κ1) is 21.0. The zero-order valence-electron chi connectivity index (χ0n) is 14.5. The molecule has 0 aromatic heterocycles. The molecule has 1 saturated heterocycles. The summed E-state index contributed by atoms with van der Waals surface area (Å²) < 4.78 is 18.3. The molecule has 1 aliphatic heterocycles. The highest BCUT2D eigenvalue weighted by Crippen LogP contribution is 2.16. The van der Waals surface area contributed by atoms with Gasteiger partial charge < -0.3 is 19.9 Å². The van der Waals surface area contributed by atoms with Crippen LogP contribution in [-0.2, 0) is 4.74 Å². The number of hydrogen-bond donors (Lipinski definition) is 1. The number of anilines is 1. The van der Waals surface area contributed by atoms with Crippen LogP contribution in [0.1, 0.15) is 13.3 Å². The van der Waals surface area contributed by atoms with Crippen LogP contribution in [0.2, 0.25) is 0 Å². The van der Waals surface area contributed by atoms with Crippen LogP contribution in [0.5, 0.6) is 0 Å². The number of ether oxygens (including phenoxy) is 1. The van der Waals surface area contributed by atoms with Gasteiger partial charge in [0, 0.05) is 58.7 Å². The molecule has 7 heteroatoms. The third-order valence-corrected chi connectivity index (χ3v) is 3.94. The Morgan fingerprint density at radius 2 is 1.88 bits per heavy atom. The van der Waals surface area contributed by atoms with E-state index in [1.807, 2.05) is 26.1 Å². The van der Waals surface area contributed by atoms with Crippen LogP contribution in [0.4, 0.5) is 10.1 Å². The Kier molecular flexibility index (Phi) is 10.0. The second-order valence-corrected chi connectivity index (χ2v) is 5.47. The van der Waals surface area contributed by atoms with E-state index in [2.05, 4.69) is 20.1 Å². The van der Waals surface area contributed by atoms with Crippen molar-refractivity contribution in [3.05, 3.63) is 30.1 Å². The smallest absolute Gasteiger partial charge is 0.193 e. The number of nitrogens with zero attached hydrogens (tertiary/aromatic N) is 3. The third kappa shape index (κ3) is 6.43. The minimum atomic E-state index is -0.191. The lowest BCUT2D eigenvalue weighted by Gasteiger charge is -2.37. The second kappa shape index (κ2) is 11.5. The molecule has 136 valence electrons. The van der Waals surface area contributed by atoms with Gasteiger partial charge in [-0.2, -0.15) is 0 Å². The van der Waals surface area contributed by atoms with E-state index in [1.165, 1.54) is 12.1 Å². The number of piperazine rings is 1. The highest BCUT2D eigenvalue weighted by molar-refractivity contribution is 14.0. The molecule has 0 bridgehead atoms.